The monoisotopic (exact) mass is 752 g/mol. The molecule has 15 heteroatoms. The summed E-state index contributed by atoms with van der Waals surface area (Å²) in [6, 6.07) is 9.88. The summed E-state index contributed by atoms with van der Waals surface area (Å²) >= 11 is 8.54. The van der Waals surface area contributed by atoms with E-state index in [1.54, 1.807) is 40.5 Å². The van der Waals surface area contributed by atoms with Gasteiger partial charge in [-0.3, -0.25) is 9.36 Å². The molecule has 0 amide bonds. The smallest absolute Gasteiger partial charge is 0.352 e. The van der Waals surface area contributed by atoms with Gasteiger partial charge in [-0.15, -0.1) is 11.8 Å². The summed E-state index contributed by atoms with van der Waals surface area (Å²) in [7, 11) is 1.63. The van der Waals surface area contributed by atoms with Gasteiger partial charge in [0.15, 0.2) is 0 Å². The van der Waals surface area contributed by atoms with Crippen molar-refractivity contribution in [1.82, 2.24) is 28.8 Å². The van der Waals surface area contributed by atoms with Crippen LogP contribution in [0.15, 0.2) is 69.7 Å². The molecule has 2 unspecified atom stereocenters. The van der Waals surface area contributed by atoms with E-state index in [0.717, 1.165) is 33.5 Å². The van der Waals surface area contributed by atoms with Gasteiger partial charge in [-0.1, -0.05) is 17.7 Å². The summed E-state index contributed by atoms with van der Waals surface area (Å²) in [6.07, 6.45) is 5.90. The first-order valence-corrected chi connectivity index (χ1v) is 19.7. The van der Waals surface area contributed by atoms with Gasteiger partial charge >= 0.3 is 5.97 Å². The van der Waals surface area contributed by atoms with Crippen LogP contribution in [0.5, 0.6) is 5.75 Å². The lowest BCUT2D eigenvalue weighted by Gasteiger charge is -2.33. The fraction of sp³-hybridized carbons (Fsp3) is 0.361. The lowest BCUT2D eigenvalue weighted by atomic mass is 9.80. The summed E-state index contributed by atoms with van der Waals surface area (Å²) in [6.45, 7) is 2.17. The molecule has 0 fully saturated rings. The van der Waals surface area contributed by atoms with Crippen LogP contribution >= 0.6 is 23.4 Å². The number of benzene rings is 2. The molecule has 2 aromatic carbocycles. The van der Waals surface area contributed by atoms with Crippen LogP contribution in [0.3, 0.4) is 0 Å². The van der Waals surface area contributed by atoms with E-state index in [0.29, 0.717) is 63.9 Å². The molecule has 3 aliphatic rings. The Morgan fingerprint density at radius 1 is 1.10 bits per heavy atom. The van der Waals surface area contributed by atoms with Crippen LogP contribution < -0.4 is 4.74 Å². The molecule has 0 radical (unpaired) electrons. The Morgan fingerprint density at radius 2 is 1.88 bits per heavy atom. The van der Waals surface area contributed by atoms with E-state index >= 15 is 0 Å². The number of thioether (sulfide) groups is 1. The molecule has 1 N–H and O–H groups in total. The van der Waals surface area contributed by atoms with Crippen LogP contribution in [0.25, 0.3) is 16.3 Å². The summed E-state index contributed by atoms with van der Waals surface area (Å²) in [5.41, 5.74) is 5.08. The molecule has 4 heterocycles. The van der Waals surface area contributed by atoms with Gasteiger partial charge in [0.2, 0.25) is 10.0 Å². The number of rotatable bonds is 2. The number of hydrogen-bond acceptors (Lipinski definition) is 8. The van der Waals surface area contributed by atoms with E-state index in [-0.39, 0.29) is 30.5 Å². The number of carboxylic acids is 1. The van der Waals surface area contributed by atoms with Crippen molar-refractivity contribution >= 4 is 55.7 Å². The fourth-order valence-corrected chi connectivity index (χ4v) is 9.44. The Bertz CT molecular complexity index is 2300. The van der Waals surface area contributed by atoms with Gasteiger partial charge in [0.1, 0.15) is 17.3 Å². The number of fused-ring (bicyclic) bond motifs is 8. The molecule has 51 heavy (non-hydrogen) atoms. The molecule has 0 saturated carbocycles. The Labute approximate surface area is 305 Å². The molecule has 268 valence electrons. The van der Waals surface area contributed by atoms with Crippen molar-refractivity contribution in [2.45, 2.75) is 49.5 Å². The number of nitrogens with zero attached hydrogens (tertiary/aromatic N) is 6. The molecule has 8 bridgehead atoms. The number of ether oxygens (including phenoxy) is 1. The minimum absolute atomic E-state index is 0.00709. The topological polar surface area (TPSA) is 123 Å². The van der Waals surface area contributed by atoms with Crippen molar-refractivity contribution in [2.24, 2.45) is 20.0 Å². The summed E-state index contributed by atoms with van der Waals surface area (Å²) in [5, 5.41) is 21.8. The van der Waals surface area contributed by atoms with E-state index in [1.807, 2.05) is 38.2 Å². The lowest BCUT2D eigenvalue weighted by Crippen LogP contribution is -2.35. The average Bonchev–Trinajstić information content (AvgIpc) is 3.65. The third-order valence-corrected chi connectivity index (χ3v) is 12.5. The highest BCUT2D eigenvalue weighted by Crippen LogP contribution is 2.48. The van der Waals surface area contributed by atoms with E-state index in [4.69, 9.17) is 21.4 Å². The van der Waals surface area contributed by atoms with Crippen LogP contribution in [0.1, 0.15) is 41.2 Å². The predicted molar refractivity (Wildman–Crippen MR) is 195 cm³/mol. The van der Waals surface area contributed by atoms with Crippen molar-refractivity contribution in [3.63, 3.8) is 0 Å². The molecule has 2 atom stereocenters. The molecule has 0 spiro atoms. The van der Waals surface area contributed by atoms with E-state index < -0.39 is 22.0 Å². The van der Waals surface area contributed by atoms with Crippen molar-refractivity contribution in [3.05, 3.63) is 99.0 Å². The quantitative estimate of drug-likeness (QED) is 0.264. The number of hydrogen-bond donors (Lipinski definition) is 1. The van der Waals surface area contributed by atoms with Crippen molar-refractivity contribution in [2.75, 3.05) is 19.9 Å². The Hall–Kier alpha value is -4.11. The van der Waals surface area contributed by atoms with Gasteiger partial charge in [0.05, 0.1) is 43.4 Å². The van der Waals surface area contributed by atoms with E-state index in [2.05, 4.69) is 5.10 Å². The molecule has 1 aliphatic carbocycles. The highest BCUT2D eigenvalue weighted by molar-refractivity contribution is 7.98. The number of likely N-dealkylation sites (N-methyl/N-ethyl adjacent to an activating group) is 1. The first-order valence-electron chi connectivity index (χ1n) is 16.5. The summed E-state index contributed by atoms with van der Waals surface area (Å²) < 4.78 is 52.1. The van der Waals surface area contributed by atoms with Gasteiger partial charge in [-0.2, -0.15) is 14.5 Å². The Morgan fingerprint density at radius 3 is 2.63 bits per heavy atom. The minimum Gasteiger partial charge on any atom is -0.493 e. The zero-order valence-corrected chi connectivity index (χ0v) is 31.2. The third kappa shape index (κ3) is 6.58. The Kier molecular flexibility index (Phi) is 9.32. The van der Waals surface area contributed by atoms with E-state index in [1.165, 1.54) is 28.2 Å². The SMILES string of the molecule is Cc1c2c(nn1C)CN(S(C)(=O)=O)Cc1cc(n(C)n1)CSc1cc(c3ccc(F)cc3c1)OCCCC1=C(C(=O)O)N(C)C3C2=C(Cl)C=CC13. The zero-order chi connectivity index (χ0) is 36.4. The molecular formula is C36H38ClFN6O5S2. The van der Waals surface area contributed by atoms with E-state index in [9.17, 15) is 22.7 Å². The average molecular weight is 753 g/mol. The third-order valence-electron chi connectivity index (χ3n) is 9.94. The molecule has 11 nitrogen and oxygen atoms in total. The normalized spacial score (nSPS) is 20.4. The van der Waals surface area contributed by atoms with Crippen LogP contribution in [-0.2, 0) is 47.8 Å². The van der Waals surface area contributed by atoms with Gasteiger partial charge < -0.3 is 14.7 Å². The molecule has 0 saturated heterocycles. The number of halogens is 2. The number of carbonyl (C=O) groups is 1. The number of allylic oxidation sites excluding steroid dienone is 2. The van der Waals surface area contributed by atoms with Crippen molar-refractivity contribution in [3.8, 4) is 5.75 Å². The number of sulfonamides is 1. The fourth-order valence-electron chi connectivity index (χ4n) is 7.45. The molecule has 2 aliphatic heterocycles. The van der Waals surface area contributed by atoms with Crippen molar-refractivity contribution in [1.29, 1.82) is 0 Å². The second-order valence-corrected chi connectivity index (χ2v) is 16.7. The second-order valence-electron chi connectivity index (χ2n) is 13.2. The lowest BCUT2D eigenvalue weighted by molar-refractivity contribution is -0.134. The van der Waals surface area contributed by atoms with Crippen molar-refractivity contribution < 1.29 is 27.4 Å². The summed E-state index contributed by atoms with van der Waals surface area (Å²) in [5.74, 6) is -0.566. The number of carboxylic acid groups (broad SMARTS) is 1. The van der Waals surface area contributed by atoms with Gasteiger partial charge in [-0.25, -0.2) is 17.6 Å². The number of aryl methyl sites for hydroxylation is 2. The molecular weight excluding hydrogens is 715 g/mol. The van der Waals surface area contributed by atoms with Crippen LogP contribution in [-0.4, -0.2) is 74.2 Å². The molecule has 7 rings (SSSR count). The summed E-state index contributed by atoms with van der Waals surface area (Å²) in [4.78, 5) is 15.5. The van der Waals surface area contributed by atoms with Gasteiger partial charge in [-0.05, 0) is 73.2 Å². The molecule has 2 aromatic heterocycles. The molecule has 4 aromatic rings. The van der Waals surface area contributed by atoms with Crippen LogP contribution in [0.2, 0.25) is 0 Å². The largest absolute Gasteiger partial charge is 0.493 e. The first kappa shape index (κ1) is 35.3. The first-order chi connectivity index (χ1) is 24.2. The highest BCUT2D eigenvalue weighted by Gasteiger charge is 2.45. The Balaban J connectivity index is 1.35. The zero-order valence-electron chi connectivity index (χ0n) is 28.9. The standard InChI is InChI=1S/C36H38ClFN6O5S2/c1-20-32-30(40-42(20)3)18-44(51(5,47)48)17-23-15-24(43(4)39-23)19-50-25-14-21-13-22(38)8-9-26(21)31(16-25)49-12-6-7-27-28-10-11-29(37)33(32)34(28)41(2)35(27)36(45)46/h8-11,13-16,28,34H,6-7,12,17-19H2,1-5H3,(H,45,46). The second kappa shape index (κ2) is 13.5. The van der Waals surface area contributed by atoms with Crippen LogP contribution in [0.4, 0.5) is 4.39 Å². The predicted octanol–water partition coefficient (Wildman–Crippen LogP) is 5.97. The maximum atomic E-state index is 14.4. The van der Waals surface area contributed by atoms with Gasteiger partial charge in [0, 0.05) is 70.7 Å². The minimum atomic E-state index is -3.75. The van der Waals surface area contributed by atoms with Gasteiger partial charge in [0.25, 0.3) is 0 Å². The number of aliphatic carboxylic acids is 1. The highest BCUT2D eigenvalue weighted by atomic mass is 35.5. The van der Waals surface area contributed by atoms with Crippen LogP contribution in [0, 0.1) is 18.7 Å². The maximum absolute atomic E-state index is 14.4. The maximum Gasteiger partial charge on any atom is 0.352 e. The number of aromatic nitrogens is 4.